The summed E-state index contributed by atoms with van der Waals surface area (Å²) in [6.07, 6.45) is 3.60. The lowest BCUT2D eigenvalue weighted by atomic mass is 9.65. The maximum atomic E-state index is 12.3. The second-order valence-electron chi connectivity index (χ2n) is 17.2. The minimum Gasteiger partial charge on any atom is -0.505 e. The molecule has 1 unspecified atom stereocenters. The van der Waals surface area contributed by atoms with Crippen molar-refractivity contribution in [1.82, 2.24) is 4.57 Å². The van der Waals surface area contributed by atoms with Crippen molar-refractivity contribution in [3.05, 3.63) is 94.8 Å². The van der Waals surface area contributed by atoms with E-state index in [1.807, 2.05) is 0 Å². The minimum absolute atomic E-state index is 0.0137. The van der Waals surface area contributed by atoms with Crippen LogP contribution in [-0.4, -0.2) is 14.5 Å². The van der Waals surface area contributed by atoms with Gasteiger partial charge in [-0.25, -0.2) is 0 Å². The zero-order valence-electron chi connectivity index (χ0n) is 29.0. The Hall–Kier alpha value is -2.97. The summed E-state index contributed by atoms with van der Waals surface area (Å²) in [6, 6.07) is 22.1. The zero-order valence-corrected chi connectivity index (χ0v) is 29.8. The highest BCUT2D eigenvalue weighted by atomic mass is 35.5. The summed E-state index contributed by atoms with van der Waals surface area (Å²) in [4.78, 5) is -0.722. The first kappa shape index (κ1) is 32.4. The van der Waals surface area contributed by atoms with Crippen molar-refractivity contribution >= 4 is 44.7 Å². The van der Waals surface area contributed by atoms with Crippen molar-refractivity contribution in [3.63, 3.8) is 0 Å². The molecule has 1 aromatic heterocycles. The Balaban J connectivity index is 1.87. The molecule has 0 amide bonds. The summed E-state index contributed by atoms with van der Waals surface area (Å²) in [6.45, 7) is 27.1. The third-order valence-corrected chi connectivity index (χ3v) is 10.3. The largest absolute Gasteiger partial charge is 0.505 e. The maximum absolute atomic E-state index is 12.3. The highest BCUT2D eigenvalue weighted by Crippen LogP contribution is 2.55. The summed E-state index contributed by atoms with van der Waals surface area (Å²) >= 11 is 7.87. The topological polar surface area (TPSA) is 25.2 Å². The summed E-state index contributed by atoms with van der Waals surface area (Å²) < 4.78 is 2.30. The van der Waals surface area contributed by atoms with E-state index in [9.17, 15) is 5.11 Å². The molecule has 44 heavy (non-hydrogen) atoms. The summed E-state index contributed by atoms with van der Waals surface area (Å²) in [7, 11) is 0. The molecule has 234 valence electrons. The van der Waals surface area contributed by atoms with Gasteiger partial charge < -0.3 is 9.67 Å². The average Bonchev–Trinajstić information content (AvgIpc) is 3.20. The van der Waals surface area contributed by atoms with Gasteiger partial charge in [0.15, 0.2) is 0 Å². The van der Waals surface area contributed by atoms with Crippen LogP contribution in [-0.2, 0) is 10.8 Å². The molecule has 0 fully saturated rings. The van der Waals surface area contributed by atoms with Crippen LogP contribution in [0.1, 0.15) is 111 Å². The molecule has 0 saturated carbocycles. The van der Waals surface area contributed by atoms with Crippen LogP contribution in [0.25, 0.3) is 33.1 Å². The summed E-state index contributed by atoms with van der Waals surface area (Å²) in [5.41, 5.74) is 8.44. The number of halogens is 1. The number of aliphatic hydroxyl groups is 1. The number of allylic oxidation sites excluding steroid dienone is 3. The summed E-state index contributed by atoms with van der Waals surface area (Å²) in [5, 5.41) is 14.7. The van der Waals surface area contributed by atoms with Crippen molar-refractivity contribution in [2.24, 2.45) is 10.8 Å². The van der Waals surface area contributed by atoms with Gasteiger partial charge in [0.25, 0.3) is 0 Å². The van der Waals surface area contributed by atoms with E-state index in [0.29, 0.717) is 12.2 Å². The fraction of sp³-hybridized carbons (Fsp3) is 0.463. The van der Waals surface area contributed by atoms with Crippen LogP contribution in [0.3, 0.4) is 0 Å². The molecule has 5 rings (SSSR count). The van der Waals surface area contributed by atoms with Gasteiger partial charge in [0, 0.05) is 22.8 Å². The van der Waals surface area contributed by atoms with Gasteiger partial charge in [-0.15, -0.1) is 11.6 Å². The van der Waals surface area contributed by atoms with Crippen LogP contribution in [0.5, 0.6) is 0 Å². The molecule has 1 heterocycles. The molecule has 4 aromatic rings. The first-order valence-corrected chi connectivity index (χ1v) is 16.5. The lowest BCUT2D eigenvalue weighted by Crippen LogP contribution is -2.42. The Bertz CT molecular complexity index is 1740. The molecule has 2 nitrogen and oxygen atoms in total. The second kappa shape index (κ2) is 10.5. The number of rotatable bonds is 4. The zero-order chi connectivity index (χ0) is 32.6. The molecule has 0 spiro atoms. The van der Waals surface area contributed by atoms with Crippen LogP contribution in [0.15, 0.2) is 72.5 Å². The Labute approximate surface area is 270 Å². The Morgan fingerprint density at radius 1 is 0.750 bits per heavy atom. The van der Waals surface area contributed by atoms with Crippen molar-refractivity contribution in [1.29, 1.82) is 0 Å². The predicted octanol–water partition coefficient (Wildman–Crippen LogP) is 12.4. The number of aliphatic hydroxyl groups excluding tert-OH is 1. The number of fused-ring (bicyclic) bond motifs is 3. The molecule has 1 atom stereocenters. The van der Waals surface area contributed by atoms with Gasteiger partial charge in [-0.1, -0.05) is 124 Å². The van der Waals surface area contributed by atoms with E-state index in [-0.39, 0.29) is 21.7 Å². The van der Waals surface area contributed by atoms with Gasteiger partial charge in [-0.3, -0.25) is 0 Å². The van der Waals surface area contributed by atoms with Crippen LogP contribution in [0.4, 0.5) is 0 Å². The van der Waals surface area contributed by atoms with Gasteiger partial charge in [0.1, 0.15) is 5.76 Å². The number of aromatic nitrogens is 1. The van der Waals surface area contributed by atoms with Gasteiger partial charge in [0.05, 0.1) is 21.6 Å². The maximum Gasteiger partial charge on any atom is 0.143 e. The fourth-order valence-electron chi connectivity index (χ4n) is 7.20. The Kier molecular flexibility index (Phi) is 7.77. The van der Waals surface area contributed by atoms with E-state index in [0.717, 1.165) is 39.9 Å². The average molecular weight is 610 g/mol. The molecule has 1 aliphatic carbocycles. The molecule has 0 bridgehead atoms. The SMILES string of the molecule is Cc1cccc(C2=CC(Cl)(C(C)(C)CC(C)(C)C)CC(n3c4ccc(C(C)(C)C)cc4c4cc(C(C)(C)C)ccc43)=C2O)c1. The minimum atomic E-state index is -0.722. The number of hydrogen-bond donors (Lipinski definition) is 1. The van der Waals surface area contributed by atoms with Crippen LogP contribution < -0.4 is 0 Å². The van der Waals surface area contributed by atoms with Crippen molar-refractivity contribution < 1.29 is 5.11 Å². The third-order valence-electron chi connectivity index (χ3n) is 9.52. The highest BCUT2D eigenvalue weighted by Gasteiger charge is 2.48. The predicted molar refractivity (Wildman–Crippen MR) is 193 cm³/mol. The van der Waals surface area contributed by atoms with E-state index in [1.165, 1.54) is 21.9 Å². The lowest BCUT2D eigenvalue weighted by Gasteiger charge is -2.46. The number of benzene rings is 3. The quantitative estimate of drug-likeness (QED) is 0.229. The van der Waals surface area contributed by atoms with Gasteiger partial charge in [-0.2, -0.15) is 0 Å². The molecule has 1 aliphatic rings. The molecular weight excluding hydrogens is 558 g/mol. The van der Waals surface area contributed by atoms with Crippen molar-refractivity contribution in [3.8, 4) is 0 Å². The summed E-state index contributed by atoms with van der Waals surface area (Å²) in [5.74, 6) is 0.303. The standard InChI is InChI=1S/C41H52ClNO/c1-26-14-13-15-27(20-26)32-23-41(42,40(11,12)25-37(2,3)4)24-35(36(32)44)43-33-18-16-28(38(5,6)7)21-30(33)31-22-29(39(8,9)10)17-19-34(31)43/h13-23,44H,24-25H2,1-12H3. The number of alkyl halides is 1. The molecule has 0 saturated heterocycles. The van der Waals surface area contributed by atoms with Gasteiger partial charge in [0.2, 0.25) is 0 Å². The smallest absolute Gasteiger partial charge is 0.143 e. The molecule has 1 N–H and O–H groups in total. The number of hydrogen-bond acceptors (Lipinski definition) is 1. The highest BCUT2D eigenvalue weighted by molar-refractivity contribution is 6.27. The number of nitrogens with zero attached hydrogens (tertiary/aromatic N) is 1. The Morgan fingerprint density at radius 3 is 1.73 bits per heavy atom. The van der Waals surface area contributed by atoms with Crippen molar-refractivity contribution in [2.45, 2.75) is 112 Å². The van der Waals surface area contributed by atoms with Crippen molar-refractivity contribution in [2.75, 3.05) is 0 Å². The molecule has 0 aliphatic heterocycles. The molecular formula is C41H52ClNO. The third kappa shape index (κ3) is 5.87. The van der Waals surface area contributed by atoms with Crippen LogP contribution in [0, 0.1) is 17.8 Å². The Morgan fingerprint density at radius 2 is 1.27 bits per heavy atom. The first-order chi connectivity index (χ1) is 20.1. The fourth-order valence-corrected chi connectivity index (χ4v) is 7.51. The lowest BCUT2D eigenvalue weighted by molar-refractivity contribution is 0.173. The van der Waals surface area contributed by atoms with E-state index in [1.54, 1.807) is 0 Å². The monoisotopic (exact) mass is 609 g/mol. The molecule has 3 heteroatoms. The van der Waals surface area contributed by atoms with Gasteiger partial charge >= 0.3 is 0 Å². The van der Waals surface area contributed by atoms with E-state index in [4.69, 9.17) is 11.6 Å². The van der Waals surface area contributed by atoms with Gasteiger partial charge in [-0.05, 0) is 76.0 Å². The van der Waals surface area contributed by atoms with Crippen LogP contribution in [0.2, 0.25) is 0 Å². The van der Waals surface area contributed by atoms with E-state index >= 15 is 0 Å². The normalized spacial score (nSPS) is 18.8. The molecule has 3 aromatic carbocycles. The van der Waals surface area contributed by atoms with E-state index < -0.39 is 4.87 Å². The number of aryl methyl sites for hydroxylation is 1. The second-order valence-corrected chi connectivity index (χ2v) is 17.9. The van der Waals surface area contributed by atoms with Crippen LogP contribution >= 0.6 is 11.6 Å². The van der Waals surface area contributed by atoms with E-state index in [2.05, 4.69) is 154 Å². The first-order valence-electron chi connectivity index (χ1n) is 16.1. The molecule has 0 radical (unpaired) electrons.